The Balaban J connectivity index is -0.000000195. The molecule has 1 saturated heterocycles. The van der Waals surface area contributed by atoms with Crippen LogP contribution in [0, 0.1) is 34.0 Å². The lowest BCUT2D eigenvalue weighted by Crippen LogP contribution is -2.53. The van der Waals surface area contributed by atoms with Gasteiger partial charge in [-0.3, -0.25) is 14.4 Å². The summed E-state index contributed by atoms with van der Waals surface area (Å²) in [6, 6.07) is 0. The number of hydrogen-bond donors (Lipinski definition) is 0. The average Bonchev–Trinajstić information content (AvgIpc) is 3.75. The third-order valence-corrected chi connectivity index (χ3v) is 10.1. The Kier molecular flexibility index (Phi) is 25.6. The van der Waals surface area contributed by atoms with E-state index in [4.69, 9.17) is 14.2 Å². The summed E-state index contributed by atoms with van der Waals surface area (Å²) in [5.74, 6) is 1.62. The summed E-state index contributed by atoms with van der Waals surface area (Å²) in [6.45, 7) is 18.7. The first kappa shape index (κ1) is 57.5. The van der Waals surface area contributed by atoms with Gasteiger partial charge < -0.3 is 18.9 Å². The molecule has 2 unspecified atom stereocenters. The van der Waals surface area contributed by atoms with Gasteiger partial charge in [-0.2, -0.15) is 13.2 Å². The topological polar surface area (TPSA) is 91.4 Å². The van der Waals surface area contributed by atoms with E-state index < -0.39 is 23.7 Å². The first-order chi connectivity index (χ1) is 20.1. The summed E-state index contributed by atoms with van der Waals surface area (Å²) in [6.07, 6.45) is 3.36. The Morgan fingerprint density at radius 3 is 1.34 bits per heavy atom. The Hall–Kier alpha value is -1.84. The van der Waals surface area contributed by atoms with Crippen molar-refractivity contribution in [1.82, 2.24) is 0 Å². The summed E-state index contributed by atoms with van der Waals surface area (Å²) in [5, 5.41) is 0. The zero-order valence-corrected chi connectivity index (χ0v) is 28.7. The van der Waals surface area contributed by atoms with Gasteiger partial charge in [-0.15, -0.1) is 0 Å². The zero-order valence-electron chi connectivity index (χ0n) is 28.7. The molecule has 0 amide bonds. The summed E-state index contributed by atoms with van der Waals surface area (Å²) in [4.78, 5) is 34.9. The molecule has 5 fully saturated rings. The molecule has 4 aliphatic carbocycles. The average molecular weight is 731 g/mol. The highest BCUT2D eigenvalue weighted by Crippen LogP contribution is 2.57. The van der Waals surface area contributed by atoms with Crippen molar-refractivity contribution in [3.63, 3.8) is 0 Å². The molecular formula is C40H81F3O7. The second kappa shape index (κ2) is 22.3. The van der Waals surface area contributed by atoms with Crippen LogP contribution in [0.5, 0.6) is 0 Å². The summed E-state index contributed by atoms with van der Waals surface area (Å²) < 4.78 is 56.4. The minimum absolute atomic E-state index is 0. The third kappa shape index (κ3) is 16.7. The minimum atomic E-state index is -4.49. The van der Waals surface area contributed by atoms with Gasteiger partial charge in [0, 0.05) is 0 Å². The third-order valence-electron chi connectivity index (χ3n) is 10.1. The lowest BCUT2D eigenvalue weighted by Gasteiger charge is -2.56. The van der Waals surface area contributed by atoms with E-state index >= 15 is 0 Å². The van der Waals surface area contributed by atoms with Gasteiger partial charge in [0.15, 0.2) is 6.10 Å². The monoisotopic (exact) mass is 731 g/mol. The number of alkyl halides is 3. The van der Waals surface area contributed by atoms with Crippen LogP contribution >= 0.6 is 0 Å². The largest absolute Gasteiger partial charge is 0.462 e. The van der Waals surface area contributed by atoms with Crippen LogP contribution in [-0.2, 0) is 33.3 Å². The van der Waals surface area contributed by atoms with Crippen LogP contribution in [-0.4, -0.2) is 55.1 Å². The minimum Gasteiger partial charge on any atom is -0.462 e. The number of carbonyl (C=O) groups is 3. The van der Waals surface area contributed by atoms with Crippen molar-refractivity contribution < 1.29 is 46.5 Å². The maximum atomic E-state index is 12.4. The van der Waals surface area contributed by atoms with Gasteiger partial charge in [-0.05, 0) is 124 Å². The molecule has 10 heteroatoms. The Labute approximate surface area is 306 Å². The van der Waals surface area contributed by atoms with E-state index in [9.17, 15) is 27.6 Å². The smallest absolute Gasteiger partial charge is 0.425 e. The molecule has 1 aliphatic heterocycles. The molecule has 0 aromatic carbocycles. The van der Waals surface area contributed by atoms with Crippen molar-refractivity contribution in [2.45, 2.75) is 196 Å². The van der Waals surface area contributed by atoms with E-state index in [1.165, 1.54) is 19.3 Å². The Morgan fingerprint density at radius 1 is 0.680 bits per heavy atom. The second-order valence-corrected chi connectivity index (χ2v) is 15.3. The van der Waals surface area contributed by atoms with Gasteiger partial charge in [0.1, 0.15) is 18.3 Å². The summed E-state index contributed by atoms with van der Waals surface area (Å²) in [7, 11) is 0. The molecule has 5 aliphatic rings. The van der Waals surface area contributed by atoms with Gasteiger partial charge in [-0.1, -0.05) is 65.3 Å². The van der Waals surface area contributed by atoms with Crippen molar-refractivity contribution >= 4 is 17.9 Å². The second-order valence-electron chi connectivity index (χ2n) is 15.3. The van der Waals surface area contributed by atoms with Crippen molar-refractivity contribution in [2.75, 3.05) is 13.2 Å². The zero-order chi connectivity index (χ0) is 33.7. The first-order valence-electron chi connectivity index (χ1n) is 16.4. The van der Waals surface area contributed by atoms with Gasteiger partial charge in [-0.25, -0.2) is 0 Å². The van der Waals surface area contributed by atoms with Crippen molar-refractivity contribution in [2.24, 2.45) is 34.0 Å². The van der Waals surface area contributed by atoms with E-state index in [1.807, 2.05) is 34.6 Å². The van der Waals surface area contributed by atoms with Crippen LogP contribution < -0.4 is 0 Å². The molecule has 0 aromatic rings. The quantitative estimate of drug-likeness (QED) is 0.125. The predicted octanol–water partition coefficient (Wildman–Crippen LogP) is 12.0. The summed E-state index contributed by atoms with van der Waals surface area (Å²) in [5.41, 5.74) is -1.60. The van der Waals surface area contributed by atoms with Crippen molar-refractivity contribution in [1.29, 1.82) is 0 Å². The van der Waals surface area contributed by atoms with Gasteiger partial charge in [0.05, 0.1) is 22.9 Å². The van der Waals surface area contributed by atoms with Crippen LogP contribution in [0.3, 0.4) is 0 Å². The number of halogens is 3. The number of hydrogen-bond acceptors (Lipinski definition) is 7. The van der Waals surface area contributed by atoms with Crippen LogP contribution in [0.25, 0.3) is 0 Å². The van der Waals surface area contributed by atoms with Crippen LogP contribution in [0.2, 0.25) is 0 Å². The number of epoxide rings is 1. The van der Waals surface area contributed by atoms with E-state index in [2.05, 4.69) is 11.7 Å². The molecule has 5 rings (SSSR count). The predicted molar refractivity (Wildman–Crippen MR) is 202 cm³/mol. The van der Waals surface area contributed by atoms with Crippen molar-refractivity contribution in [3.8, 4) is 0 Å². The Bertz CT molecular complexity index is 949. The number of esters is 3. The number of rotatable bonds is 10. The summed E-state index contributed by atoms with van der Waals surface area (Å²) >= 11 is 0. The van der Waals surface area contributed by atoms with Gasteiger partial charge >= 0.3 is 24.1 Å². The molecule has 0 N–H and O–H groups in total. The van der Waals surface area contributed by atoms with E-state index in [1.54, 1.807) is 20.8 Å². The van der Waals surface area contributed by atoms with Crippen molar-refractivity contribution in [3.05, 3.63) is 0 Å². The fourth-order valence-corrected chi connectivity index (χ4v) is 5.84. The number of ether oxygens (including phenoxy) is 4. The molecular weight excluding hydrogens is 649 g/mol. The SMILES string of the molecule is C.C.C.C.C.C.CCC(C)(C)C(=O)OC(C)C(F)(F)F.CCC(C)(C)C(=O)OC12CC3CC(CC(C3)C1)C2.CCC(C)(C)C(=O)OCC1CO1. The number of carbonyl (C=O) groups excluding carboxylic acids is 3. The highest BCUT2D eigenvalue weighted by atomic mass is 19.4. The molecule has 7 nitrogen and oxygen atoms in total. The fourth-order valence-electron chi connectivity index (χ4n) is 5.84. The van der Waals surface area contributed by atoms with E-state index in [0.29, 0.717) is 13.0 Å². The van der Waals surface area contributed by atoms with Crippen LogP contribution in [0.15, 0.2) is 0 Å². The maximum absolute atomic E-state index is 12.4. The Morgan fingerprint density at radius 2 is 1.02 bits per heavy atom. The standard InChI is InChI=1S/C16H26O2.C9H15F3O2.C9H16O3.6CH4/c1-4-15(2,3)14(17)18-16-8-11-5-12(9-16)7-13(6-11)10-16;1-5-8(3,4)7(13)14-6(2)9(10,11)12;1-4-9(2,3)8(10)12-6-7-5-11-7;;;;;;/h11-13H,4-10H2,1-3H3;6H,5H2,1-4H3;7H,4-6H2,1-3H3;6*1H4. The molecule has 0 spiro atoms. The normalized spacial score (nSPS) is 24.7. The molecule has 4 bridgehead atoms. The molecule has 1 heterocycles. The fraction of sp³-hybridized carbons (Fsp3) is 0.925. The van der Waals surface area contributed by atoms with E-state index in [0.717, 1.165) is 63.4 Å². The van der Waals surface area contributed by atoms with Crippen LogP contribution in [0.4, 0.5) is 13.2 Å². The molecule has 2 atom stereocenters. The maximum Gasteiger partial charge on any atom is 0.425 e. The molecule has 304 valence electrons. The highest BCUT2D eigenvalue weighted by Gasteiger charge is 2.54. The van der Waals surface area contributed by atoms with Gasteiger partial charge in [0.25, 0.3) is 0 Å². The molecule has 4 saturated carbocycles. The highest BCUT2D eigenvalue weighted by molar-refractivity contribution is 5.77. The molecule has 0 radical (unpaired) electrons. The van der Waals surface area contributed by atoms with E-state index in [-0.39, 0.29) is 79.0 Å². The van der Waals surface area contributed by atoms with Gasteiger partial charge in [0.2, 0.25) is 0 Å². The molecule has 0 aromatic heterocycles. The van der Waals surface area contributed by atoms with Crippen LogP contribution in [0.1, 0.15) is 172 Å². The molecule has 50 heavy (non-hydrogen) atoms. The first-order valence-corrected chi connectivity index (χ1v) is 16.4. The lowest BCUT2D eigenvalue weighted by molar-refractivity contribution is -0.221. The lowest BCUT2D eigenvalue weighted by atomic mass is 9.54.